The topological polar surface area (TPSA) is 30.9 Å². The molecule has 0 rings (SSSR count). The maximum Gasteiger partial charge on any atom is 0.162 e. The molecule has 0 aromatic carbocycles. The van der Waals surface area contributed by atoms with Gasteiger partial charge in [-0.3, -0.25) is 4.84 Å². The standard InChI is InChI=1S/C6H14O2.C4H11NO/c1-5-8-6(2,3)7-4;1-4-6-5(2)3/h5H2,1-4H3;4H2,1-3H3. The molecule has 0 heterocycles. The highest BCUT2D eigenvalue weighted by molar-refractivity contribution is 4.49. The maximum atomic E-state index is 5.16. The fourth-order valence-electron chi connectivity index (χ4n) is 0.665. The highest BCUT2D eigenvalue weighted by Crippen LogP contribution is 2.07. The van der Waals surface area contributed by atoms with Crippen molar-refractivity contribution in [3.05, 3.63) is 0 Å². The summed E-state index contributed by atoms with van der Waals surface area (Å²) in [6.07, 6.45) is 0. The van der Waals surface area contributed by atoms with Crippen LogP contribution in [0, 0.1) is 0 Å². The van der Waals surface area contributed by atoms with Gasteiger partial charge in [-0.1, -0.05) is 0 Å². The van der Waals surface area contributed by atoms with Crippen LogP contribution >= 0.6 is 0 Å². The van der Waals surface area contributed by atoms with Crippen LogP contribution < -0.4 is 0 Å². The molecule has 0 bridgehead atoms. The molecule has 0 radical (unpaired) electrons. The lowest BCUT2D eigenvalue weighted by Gasteiger charge is -2.21. The van der Waals surface area contributed by atoms with Crippen molar-refractivity contribution >= 4 is 0 Å². The molecule has 0 aromatic rings. The number of ether oxygens (including phenoxy) is 2. The molecule has 0 saturated heterocycles. The largest absolute Gasteiger partial charge is 0.354 e. The van der Waals surface area contributed by atoms with E-state index in [2.05, 4.69) is 0 Å². The van der Waals surface area contributed by atoms with E-state index in [1.807, 2.05) is 41.8 Å². The molecule has 0 aliphatic rings. The first kappa shape index (κ1) is 16.3. The average molecular weight is 207 g/mol. The molecule has 0 aliphatic heterocycles. The predicted molar refractivity (Wildman–Crippen MR) is 58.0 cm³/mol. The minimum Gasteiger partial charge on any atom is -0.354 e. The van der Waals surface area contributed by atoms with Crippen molar-refractivity contribution in [2.75, 3.05) is 34.4 Å². The van der Waals surface area contributed by atoms with Gasteiger partial charge in [0.05, 0.1) is 6.61 Å². The van der Waals surface area contributed by atoms with Crippen LogP contribution in [-0.4, -0.2) is 45.3 Å². The Labute approximate surface area is 88.1 Å². The summed E-state index contributed by atoms with van der Waals surface area (Å²) in [4.78, 5) is 4.88. The van der Waals surface area contributed by atoms with Crippen molar-refractivity contribution in [2.24, 2.45) is 0 Å². The van der Waals surface area contributed by atoms with E-state index < -0.39 is 5.79 Å². The Hall–Kier alpha value is -0.160. The Bertz CT molecular complexity index is 116. The maximum absolute atomic E-state index is 5.16. The summed E-state index contributed by atoms with van der Waals surface area (Å²) in [5.74, 6) is -0.408. The van der Waals surface area contributed by atoms with Gasteiger partial charge in [0.25, 0.3) is 0 Å². The van der Waals surface area contributed by atoms with E-state index in [0.29, 0.717) is 6.61 Å². The molecule has 0 fully saturated rings. The SMILES string of the molecule is CCOC(C)(C)OC.CCON(C)C. The van der Waals surface area contributed by atoms with E-state index in [1.165, 1.54) is 0 Å². The second kappa shape index (κ2) is 9.40. The molecule has 0 amide bonds. The molecule has 0 aliphatic carbocycles. The van der Waals surface area contributed by atoms with Crippen LogP contribution in [0.15, 0.2) is 0 Å². The zero-order valence-corrected chi connectivity index (χ0v) is 10.6. The molecule has 0 aromatic heterocycles. The van der Waals surface area contributed by atoms with Crippen molar-refractivity contribution in [1.82, 2.24) is 5.06 Å². The van der Waals surface area contributed by atoms with E-state index in [-0.39, 0.29) is 0 Å². The minimum absolute atomic E-state index is 0.408. The number of hydrogen-bond donors (Lipinski definition) is 0. The van der Waals surface area contributed by atoms with Crippen molar-refractivity contribution in [1.29, 1.82) is 0 Å². The zero-order chi connectivity index (χ0) is 11.6. The van der Waals surface area contributed by atoms with Gasteiger partial charge >= 0.3 is 0 Å². The second-order valence-corrected chi connectivity index (χ2v) is 3.27. The van der Waals surface area contributed by atoms with Crippen molar-refractivity contribution in [2.45, 2.75) is 33.5 Å². The molecule has 0 saturated carbocycles. The molecular formula is C10H25NO3. The quantitative estimate of drug-likeness (QED) is 0.509. The zero-order valence-electron chi connectivity index (χ0n) is 10.6. The lowest BCUT2D eigenvalue weighted by molar-refractivity contribution is -0.193. The lowest BCUT2D eigenvalue weighted by atomic mass is 10.4. The summed E-state index contributed by atoms with van der Waals surface area (Å²) in [5, 5.41) is 1.68. The van der Waals surface area contributed by atoms with E-state index in [1.54, 1.807) is 12.2 Å². The number of rotatable bonds is 5. The first-order valence-electron chi connectivity index (χ1n) is 4.89. The Morgan fingerprint density at radius 1 is 1.07 bits per heavy atom. The van der Waals surface area contributed by atoms with Crippen molar-refractivity contribution in [3.63, 3.8) is 0 Å². The highest BCUT2D eigenvalue weighted by Gasteiger charge is 2.13. The summed E-state index contributed by atoms with van der Waals surface area (Å²) in [7, 11) is 5.36. The number of hydrogen-bond acceptors (Lipinski definition) is 4. The fraction of sp³-hybridized carbons (Fsp3) is 1.00. The van der Waals surface area contributed by atoms with Gasteiger partial charge < -0.3 is 9.47 Å². The van der Waals surface area contributed by atoms with Crippen LogP contribution in [0.1, 0.15) is 27.7 Å². The summed E-state index contributed by atoms with van der Waals surface area (Å²) in [6.45, 7) is 9.13. The molecule has 14 heavy (non-hydrogen) atoms. The van der Waals surface area contributed by atoms with E-state index >= 15 is 0 Å². The van der Waals surface area contributed by atoms with Gasteiger partial charge in [-0.05, 0) is 27.7 Å². The smallest absolute Gasteiger partial charge is 0.162 e. The Kier molecular flexibility index (Phi) is 10.9. The highest BCUT2D eigenvalue weighted by atomic mass is 16.7. The fourth-order valence-corrected chi connectivity index (χ4v) is 0.665. The first-order valence-corrected chi connectivity index (χ1v) is 4.89. The molecule has 0 unspecified atom stereocenters. The third-order valence-electron chi connectivity index (χ3n) is 1.37. The molecule has 4 nitrogen and oxygen atoms in total. The normalized spacial score (nSPS) is 11.1. The molecule has 88 valence electrons. The van der Waals surface area contributed by atoms with Gasteiger partial charge in [0.1, 0.15) is 0 Å². The molecule has 4 heteroatoms. The Morgan fingerprint density at radius 2 is 1.57 bits per heavy atom. The van der Waals surface area contributed by atoms with E-state index in [9.17, 15) is 0 Å². The van der Waals surface area contributed by atoms with Crippen LogP contribution in [0.4, 0.5) is 0 Å². The van der Waals surface area contributed by atoms with Crippen molar-refractivity contribution < 1.29 is 14.3 Å². The minimum atomic E-state index is -0.408. The monoisotopic (exact) mass is 207 g/mol. The average Bonchev–Trinajstić information content (AvgIpc) is 2.05. The van der Waals surface area contributed by atoms with Crippen molar-refractivity contribution in [3.8, 4) is 0 Å². The molecule has 0 N–H and O–H groups in total. The summed E-state index contributed by atoms with van der Waals surface area (Å²) in [5.41, 5.74) is 0. The Morgan fingerprint density at radius 3 is 1.64 bits per heavy atom. The molecule has 0 atom stereocenters. The van der Waals surface area contributed by atoms with Crippen LogP contribution in [0.3, 0.4) is 0 Å². The third-order valence-corrected chi connectivity index (χ3v) is 1.37. The predicted octanol–water partition coefficient (Wildman–Crippen LogP) is 1.90. The summed E-state index contributed by atoms with van der Waals surface area (Å²) in [6, 6.07) is 0. The Balaban J connectivity index is 0. The van der Waals surface area contributed by atoms with Gasteiger partial charge in [-0.2, -0.15) is 5.06 Å². The number of nitrogens with zero attached hydrogens (tertiary/aromatic N) is 1. The third kappa shape index (κ3) is 14.4. The van der Waals surface area contributed by atoms with E-state index in [0.717, 1.165) is 6.61 Å². The van der Waals surface area contributed by atoms with E-state index in [4.69, 9.17) is 14.3 Å². The number of hydroxylamine groups is 2. The van der Waals surface area contributed by atoms with Gasteiger partial charge in [-0.15, -0.1) is 0 Å². The summed E-state index contributed by atoms with van der Waals surface area (Å²) >= 11 is 0. The van der Waals surface area contributed by atoms with Gasteiger partial charge in [0.15, 0.2) is 5.79 Å². The lowest BCUT2D eigenvalue weighted by Crippen LogP contribution is -2.26. The second-order valence-electron chi connectivity index (χ2n) is 3.27. The van der Waals surface area contributed by atoms with Crippen LogP contribution in [0.5, 0.6) is 0 Å². The van der Waals surface area contributed by atoms with Gasteiger partial charge in [-0.25, -0.2) is 0 Å². The van der Waals surface area contributed by atoms with Gasteiger partial charge in [0, 0.05) is 27.8 Å². The molecular weight excluding hydrogens is 182 g/mol. The van der Waals surface area contributed by atoms with Crippen LogP contribution in [0.2, 0.25) is 0 Å². The van der Waals surface area contributed by atoms with Crippen LogP contribution in [-0.2, 0) is 14.3 Å². The van der Waals surface area contributed by atoms with Gasteiger partial charge in [0.2, 0.25) is 0 Å². The summed E-state index contributed by atoms with van der Waals surface area (Å²) < 4.78 is 10.1. The first-order chi connectivity index (χ1) is 6.39. The molecule has 0 spiro atoms. The van der Waals surface area contributed by atoms with Crippen LogP contribution in [0.25, 0.3) is 0 Å². The number of methoxy groups -OCH3 is 1.